The highest BCUT2D eigenvalue weighted by molar-refractivity contribution is 7.85. The number of nitrogens with zero attached hydrogens (tertiary/aromatic N) is 2. The molecule has 4 heteroatoms. The summed E-state index contributed by atoms with van der Waals surface area (Å²) in [6.07, 6.45) is 13.9. The van der Waals surface area contributed by atoms with Gasteiger partial charge in [0, 0.05) is 26.2 Å². The third-order valence-electron chi connectivity index (χ3n) is 3.45. The van der Waals surface area contributed by atoms with E-state index in [1.54, 1.807) is 0 Å². The van der Waals surface area contributed by atoms with Crippen molar-refractivity contribution < 1.29 is 4.21 Å². The van der Waals surface area contributed by atoms with Gasteiger partial charge in [0.05, 0.1) is 10.5 Å². The molecule has 1 unspecified atom stereocenters. The smallest absolute Gasteiger partial charge is 0.145 e. The van der Waals surface area contributed by atoms with Crippen molar-refractivity contribution in [2.24, 2.45) is 10.3 Å². The Morgan fingerprint density at radius 1 is 1.39 bits per heavy atom. The van der Waals surface area contributed by atoms with Crippen LogP contribution in [0.3, 0.4) is 0 Å². The Bertz CT molecular complexity index is 587. The zero-order valence-electron chi connectivity index (χ0n) is 15.5. The van der Waals surface area contributed by atoms with Gasteiger partial charge in [0.25, 0.3) is 0 Å². The van der Waals surface area contributed by atoms with Crippen LogP contribution < -0.4 is 0 Å². The lowest BCUT2D eigenvalue weighted by Gasteiger charge is -2.21. The highest BCUT2D eigenvalue weighted by atomic mass is 32.2. The van der Waals surface area contributed by atoms with Crippen LogP contribution in [0.1, 0.15) is 41.0 Å². The third kappa shape index (κ3) is 6.30. The second-order valence-electron chi connectivity index (χ2n) is 7.00. The highest BCUT2D eigenvalue weighted by Gasteiger charge is 2.20. The van der Waals surface area contributed by atoms with Crippen LogP contribution in [0.4, 0.5) is 0 Å². The van der Waals surface area contributed by atoms with Gasteiger partial charge in [-0.25, -0.2) is 4.21 Å². The summed E-state index contributed by atoms with van der Waals surface area (Å²) < 4.78 is 16.3. The molecule has 23 heavy (non-hydrogen) atoms. The van der Waals surface area contributed by atoms with Crippen LogP contribution in [-0.4, -0.2) is 33.7 Å². The van der Waals surface area contributed by atoms with Crippen molar-refractivity contribution in [3.05, 3.63) is 47.7 Å². The molecule has 1 aliphatic carbocycles. The summed E-state index contributed by atoms with van der Waals surface area (Å²) in [6.45, 7) is 9.79. The maximum absolute atomic E-state index is 12.2. The van der Waals surface area contributed by atoms with Gasteiger partial charge in [-0.15, -0.1) is 0 Å². The lowest BCUT2D eigenvalue weighted by Crippen LogP contribution is -2.21. The molecule has 0 aliphatic heterocycles. The lowest BCUT2D eigenvalue weighted by atomic mass is 9.88. The Hall–Kier alpha value is -1.42. The molecule has 0 saturated heterocycles. The van der Waals surface area contributed by atoms with Gasteiger partial charge in [-0.05, 0) is 58.3 Å². The van der Waals surface area contributed by atoms with Gasteiger partial charge in [-0.2, -0.15) is 4.40 Å². The molecule has 0 saturated carbocycles. The van der Waals surface area contributed by atoms with Crippen LogP contribution in [0.15, 0.2) is 52.1 Å². The Morgan fingerprint density at radius 3 is 2.57 bits per heavy atom. The first kappa shape index (κ1) is 19.6. The van der Waals surface area contributed by atoms with E-state index in [4.69, 9.17) is 0 Å². The summed E-state index contributed by atoms with van der Waals surface area (Å²) in [7, 11) is 2.83. The number of hydrogen-bond donors (Lipinski definition) is 0. The zero-order valence-corrected chi connectivity index (χ0v) is 16.3. The second kappa shape index (κ2) is 8.44. The Morgan fingerprint density at radius 2 is 2.04 bits per heavy atom. The normalized spacial score (nSPS) is 22.6. The molecule has 0 amide bonds. The van der Waals surface area contributed by atoms with Crippen LogP contribution in [0, 0.1) is 5.92 Å². The van der Waals surface area contributed by atoms with Gasteiger partial charge >= 0.3 is 0 Å². The maximum atomic E-state index is 12.2. The average molecular weight is 335 g/mol. The number of rotatable bonds is 5. The van der Waals surface area contributed by atoms with Crippen molar-refractivity contribution in [3.63, 3.8) is 0 Å². The number of allylic oxidation sites excluding steroid dienone is 7. The molecule has 0 bridgehead atoms. The van der Waals surface area contributed by atoms with Gasteiger partial charge in [0.2, 0.25) is 0 Å². The van der Waals surface area contributed by atoms with Gasteiger partial charge in [-0.1, -0.05) is 24.3 Å². The van der Waals surface area contributed by atoms with Crippen LogP contribution in [0.5, 0.6) is 0 Å². The Balaban J connectivity index is 3.10. The van der Waals surface area contributed by atoms with Crippen LogP contribution in [0.25, 0.3) is 0 Å². The molecule has 0 fully saturated rings. The number of hydrogen-bond acceptors (Lipinski definition) is 2. The molecule has 0 aromatic heterocycles. The molecule has 0 spiro atoms. The van der Waals surface area contributed by atoms with E-state index in [0.29, 0.717) is 5.92 Å². The molecule has 0 aromatic carbocycles. The van der Waals surface area contributed by atoms with Crippen molar-refractivity contribution in [1.29, 1.82) is 0 Å². The molecule has 0 radical (unpaired) electrons. The fourth-order valence-electron chi connectivity index (χ4n) is 2.13. The fourth-order valence-corrected chi connectivity index (χ4v) is 2.76. The molecule has 128 valence electrons. The minimum absolute atomic E-state index is 0.336. The van der Waals surface area contributed by atoms with E-state index in [9.17, 15) is 4.21 Å². The van der Waals surface area contributed by atoms with Gasteiger partial charge < -0.3 is 4.90 Å². The monoisotopic (exact) mass is 334 g/mol. The molecule has 1 aliphatic rings. The predicted molar refractivity (Wildman–Crippen MR) is 103 cm³/mol. The molecule has 2 atom stereocenters. The van der Waals surface area contributed by atoms with E-state index >= 15 is 0 Å². The molecule has 0 aromatic rings. The molecule has 3 nitrogen and oxygen atoms in total. The molecular weight excluding hydrogens is 304 g/mol. The molecule has 1 rings (SSSR count). The lowest BCUT2D eigenvalue weighted by molar-refractivity contribution is 0.550. The SMILES string of the molecule is C/C=C\CC1C=CC(C(/C)=N/[S@@](=O)C(C)(C)C)=C/C1=C/N(C)C. The minimum atomic E-state index is -1.23. The van der Waals surface area contributed by atoms with Crippen molar-refractivity contribution >= 4 is 16.7 Å². The standard InChI is InChI=1S/C19H30N2OS/c1-8-9-10-16-11-12-17(13-18(16)14-21(6)7)15(2)20-23(22)19(3,4)5/h8-9,11-14,16H,10H2,1-7H3/b9-8-,18-14-,20-15+/t16?,23-/m0/s1. The summed E-state index contributed by atoms with van der Waals surface area (Å²) in [5, 5.41) is 0. The topological polar surface area (TPSA) is 32.7 Å². The predicted octanol–water partition coefficient (Wildman–Crippen LogP) is 4.43. The van der Waals surface area contributed by atoms with Crippen LogP contribution in [0.2, 0.25) is 0 Å². The van der Waals surface area contributed by atoms with Crippen molar-refractivity contribution in [2.45, 2.75) is 45.8 Å². The summed E-state index contributed by atoms with van der Waals surface area (Å²) in [6, 6.07) is 0. The van der Waals surface area contributed by atoms with E-state index in [1.165, 1.54) is 5.57 Å². The quantitative estimate of drug-likeness (QED) is 0.550. The van der Waals surface area contributed by atoms with Crippen molar-refractivity contribution in [1.82, 2.24) is 4.90 Å². The summed E-state index contributed by atoms with van der Waals surface area (Å²) in [5.74, 6) is 0.373. The first-order valence-corrected chi connectivity index (χ1v) is 9.12. The fraction of sp³-hybridized carbons (Fsp3) is 0.526. The van der Waals surface area contributed by atoms with E-state index in [-0.39, 0.29) is 4.75 Å². The summed E-state index contributed by atoms with van der Waals surface area (Å²) >= 11 is 0. The molecular formula is C19H30N2OS. The van der Waals surface area contributed by atoms with Crippen molar-refractivity contribution in [3.8, 4) is 0 Å². The second-order valence-corrected chi connectivity index (χ2v) is 8.91. The van der Waals surface area contributed by atoms with Crippen molar-refractivity contribution in [2.75, 3.05) is 14.1 Å². The molecule has 0 N–H and O–H groups in total. The first-order valence-electron chi connectivity index (χ1n) is 8.02. The van der Waals surface area contributed by atoms with E-state index in [0.717, 1.165) is 17.7 Å². The van der Waals surface area contributed by atoms with Gasteiger partial charge in [-0.3, -0.25) is 0 Å². The third-order valence-corrected chi connectivity index (χ3v) is 4.94. The Labute approximate surface area is 144 Å². The molecule has 0 heterocycles. The Kier molecular flexibility index (Phi) is 7.20. The van der Waals surface area contributed by atoms with E-state index in [1.807, 2.05) is 48.7 Å². The maximum Gasteiger partial charge on any atom is 0.145 e. The van der Waals surface area contributed by atoms with E-state index < -0.39 is 11.0 Å². The first-order chi connectivity index (χ1) is 10.6. The highest BCUT2D eigenvalue weighted by Crippen LogP contribution is 2.27. The van der Waals surface area contributed by atoms with E-state index in [2.05, 4.69) is 45.9 Å². The summed E-state index contributed by atoms with van der Waals surface area (Å²) in [5.41, 5.74) is 3.11. The van der Waals surface area contributed by atoms with Crippen LogP contribution in [-0.2, 0) is 11.0 Å². The van der Waals surface area contributed by atoms with Crippen LogP contribution >= 0.6 is 0 Å². The average Bonchev–Trinajstić information content (AvgIpc) is 2.44. The zero-order chi connectivity index (χ0) is 17.6. The minimum Gasteiger partial charge on any atom is -0.383 e. The van der Waals surface area contributed by atoms with Gasteiger partial charge in [0.1, 0.15) is 11.0 Å². The van der Waals surface area contributed by atoms with Gasteiger partial charge in [0.15, 0.2) is 0 Å². The summed E-state index contributed by atoms with van der Waals surface area (Å²) in [4.78, 5) is 2.06. The largest absolute Gasteiger partial charge is 0.383 e.